The molecule has 1 saturated heterocycles. The van der Waals surface area contributed by atoms with Crippen LogP contribution in [0.2, 0.25) is 5.02 Å². The number of β-amino-alcohol motifs (C(OH)–C–C–N with tert-alkyl or cyclic N) is 1. The summed E-state index contributed by atoms with van der Waals surface area (Å²) in [5.74, 6) is 1.45. The van der Waals surface area contributed by atoms with Gasteiger partial charge in [0.25, 0.3) is 0 Å². The van der Waals surface area contributed by atoms with E-state index in [-0.39, 0.29) is 0 Å². The van der Waals surface area contributed by atoms with Crippen LogP contribution < -0.4 is 4.74 Å². The Balaban J connectivity index is 1.65. The average molecular weight is 327 g/mol. The smallest absolute Gasteiger partial charge is 0.119 e. The summed E-state index contributed by atoms with van der Waals surface area (Å²) in [6.07, 6.45) is -0.465. The van der Waals surface area contributed by atoms with E-state index in [4.69, 9.17) is 16.3 Å². The van der Waals surface area contributed by atoms with E-state index in [1.54, 1.807) is 12.1 Å². The van der Waals surface area contributed by atoms with Crippen molar-refractivity contribution in [1.82, 2.24) is 9.80 Å². The topological polar surface area (TPSA) is 35.9 Å². The zero-order chi connectivity index (χ0) is 15.9. The van der Waals surface area contributed by atoms with E-state index in [1.807, 2.05) is 12.1 Å². The number of aliphatic hydroxyl groups excluding tert-OH is 1. The van der Waals surface area contributed by atoms with Gasteiger partial charge in [-0.05, 0) is 30.2 Å². The van der Waals surface area contributed by atoms with Gasteiger partial charge in [0.1, 0.15) is 18.5 Å². The van der Waals surface area contributed by atoms with Gasteiger partial charge >= 0.3 is 0 Å². The molecule has 0 radical (unpaired) electrons. The lowest BCUT2D eigenvalue weighted by Crippen LogP contribution is -2.49. The van der Waals surface area contributed by atoms with Crippen molar-refractivity contribution in [3.63, 3.8) is 0 Å². The number of halogens is 1. The fraction of sp³-hybridized carbons (Fsp3) is 0.647. The van der Waals surface area contributed by atoms with Gasteiger partial charge in [-0.1, -0.05) is 25.4 Å². The van der Waals surface area contributed by atoms with Crippen molar-refractivity contribution in [3.8, 4) is 5.75 Å². The third-order valence-corrected chi connectivity index (χ3v) is 4.07. The Bertz CT molecular complexity index is 431. The highest BCUT2D eigenvalue weighted by molar-refractivity contribution is 6.30. The molecule has 0 spiro atoms. The Labute approximate surface area is 138 Å². The van der Waals surface area contributed by atoms with Crippen molar-refractivity contribution in [2.75, 3.05) is 45.9 Å². The van der Waals surface area contributed by atoms with Gasteiger partial charge in [0.05, 0.1) is 0 Å². The van der Waals surface area contributed by atoms with Gasteiger partial charge in [-0.15, -0.1) is 0 Å². The van der Waals surface area contributed by atoms with Crippen molar-refractivity contribution in [1.29, 1.82) is 0 Å². The van der Waals surface area contributed by atoms with Crippen molar-refractivity contribution >= 4 is 11.6 Å². The first-order valence-electron chi connectivity index (χ1n) is 8.04. The van der Waals surface area contributed by atoms with Crippen LogP contribution in [-0.2, 0) is 0 Å². The molecule has 2 rings (SSSR count). The van der Waals surface area contributed by atoms with Gasteiger partial charge in [0.2, 0.25) is 0 Å². The largest absolute Gasteiger partial charge is 0.491 e. The highest BCUT2D eigenvalue weighted by Gasteiger charge is 2.19. The van der Waals surface area contributed by atoms with Crippen LogP contribution in [0.5, 0.6) is 5.75 Å². The van der Waals surface area contributed by atoms with E-state index >= 15 is 0 Å². The van der Waals surface area contributed by atoms with Gasteiger partial charge in [-0.25, -0.2) is 0 Å². The second-order valence-corrected chi connectivity index (χ2v) is 6.85. The maximum atomic E-state index is 10.1. The number of benzene rings is 1. The maximum absolute atomic E-state index is 10.1. The van der Waals surface area contributed by atoms with Crippen molar-refractivity contribution in [3.05, 3.63) is 29.3 Å². The molecular weight excluding hydrogens is 300 g/mol. The highest BCUT2D eigenvalue weighted by Crippen LogP contribution is 2.15. The normalized spacial score (nSPS) is 18.6. The molecule has 124 valence electrons. The molecule has 1 aromatic rings. The summed E-state index contributed by atoms with van der Waals surface area (Å²) >= 11 is 5.83. The summed E-state index contributed by atoms with van der Waals surface area (Å²) in [6.45, 7) is 10.9. The van der Waals surface area contributed by atoms with E-state index in [1.165, 1.54) is 0 Å². The van der Waals surface area contributed by atoms with Gasteiger partial charge < -0.3 is 14.7 Å². The van der Waals surface area contributed by atoms with E-state index in [9.17, 15) is 5.11 Å². The molecule has 0 saturated carbocycles. The third kappa shape index (κ3) is 6.13. The molecule has 0 bridgehead atoms. The summed E-state index contributed by atoms with van der Waals surface area (Å²) in [5, 5.41) is 10.8. The molecule has 0 unspecified atom stereocenters. The summed E-state index contributed by atoms with van der Waals surface area (Å²) in [4.78, 5) is 4.81. The molecule has 4 nitrogen and oxygen atoms in total. The molecule has 0 aromatic heterocycles. The molecule has 5 heteroatoms. The van der Waals surface area contributed by atoms with Crippen LogP contribution in [0.25, 0.3) is 0 Å². The molecule has 1 aromatic carbocycles. The second kappa shape index (κ2) is 8.73. The minimum absolute atomic E-state index is 0.313. The molecule has 22 heavy (non-hydrogen) atoms. The van der Waals surface area contributed by atoms with Gasteiger partial charge in [-0.2, -0.15) is 0 Å². The van der Waals surface area contributed by atoms with E-state index in [0.29, 0.717) is 24.1 Å². The van der Waals surface area contributed by atoms with Gasteiger partial charge in [-0.3, -0.25) is 4.90 Å². The second-order valence-electron chi connectivity index (χ2n) is 6.41. The molecule has 1 heterocycles. The quantitative estimate of drug-likeness (QED) is 0.834. The summed E-state index contributed by atoms with van der Waals surface area (Å²) in [5.41, 5.74) is 0. The first kappa shape index (κ1) is 17.5. The van der Waals surface area contributed by atoms with E-state index in [0.717, 1.165) is 38.5 Å². The third-order valence-electron chi connectivity index (χ3n) is 3.81. The Kier molecular flexibility index (Phi) is 6.96. The van der Waals surface area contributed by atoms with E-state index in [2.05, 4.69) is 23.6 Å². The predicted octanol–water partition coefficient (Wildman–Crippen LogP) is 2.35. The predicted molar refractivity (Wildman–Crippen MR) is 90.7 cm³/mol. The van der Waals surface area contributed by atoms with Crippen molar-refractivity contribution in [2.24, 2.45) is 5.92 Å². The lowest BCUT2D eigenvalue weighted by atomic mass is 10.2. The van der Waals surface area contributed by atoms with E-state index < -0.39 is 6.10 Å². The van der Waals surface area contributed by atoms with Crippen LogP contribution in [-0.4, -0.2) is 66.9 Å². The fourth-order valence-electron chi connectivity index (χ4n) is 2.74. The van der Waals surface area contributed by atoms with Crippen LogP contribution >= 0.6 is 11.6 Å². The number of piperazine rings is 1. The van der Waals surface area contributed by atoms with Crippen LogP contribution in [0, 0.1) is 5.92 Å². The van der Waals surface area contributed by atoms with Crippen molar-refractivity contribution in [2.45, 2.75) is 20.0 Å². The molecule has 1 N–H and O–H groups in total. The minimum atomic E-state index is -0.465. The number of nitrogens with zero attached hydrogens (tertiary/aromatic N) is 2. The average Bonchev–Trinajstić information content (AvgIpc) is 2.48. The first-order valence-corrected chi connectivity index (χ1v) is 8.42. The molecule has 0 amide bonds. The highest BCUT2D eigenvalue weighted by atomic mass is 35.5. The lowest BCUT2D eigenvalue weighted by molar-refractivity contribution is 0.0440. The molecule has 0 aliphatic carbocycles. The van der Waals surface area contributed by atoms with Crippen LogP contribution in [0.3, 0.4) is 0 Å². The summed E-state index contributed by atoms with van der Waals surface area (Å²) in [7, 11) is 0. The Morgan fingerprint density at radius 2 is 1.59 bits per heavy atom. The SMILES string of the molecule is CC(C)CN1CCN(C[C@@H](O)COc2ccc(Cl)cc2)CC1. The number of hydrogen-bond donors (Lipinski definition) is 1. The number of ether oxygens (including phenoxy) is 1. The molecular formula is C17H27ClN2O2. The molecule has 1 fully saturated rings. The Morgan fingerprint density at radius 1 is 1.05 bits per heavy atom. The van der Waals surface area contributed by atoms with Crippen LogP contribution in [0.15, 0.2) is 24.3 Å². The first-order chi connectivity index (χ1) is 10.5. The standard InChI is InChI=1S/C17H27ClN2O2/c1-14(2)11-19-7-9-20(10-8-19)12-16(21)13-22-17-5-3-15(18)4-6-17/h3-6,14,16,21H,7-13H2,1-2H3/t16-/m1/s1. The minimum Gasteiger partial charge on any atom is -0.491 e. The van der Waals surface area contributed by atoms with Crippen LogP contribution in [0.1, 0.15) is 13.8 Å². The maximum Gasteiger partial charge on any atom is 0.119 e. The Hall–Kier alpha value is -0.810. The Morgan fingerprint density at radius 3 is 2.14 bits per heavy atom. The lowest BCUT2D eigenvalue weighted by Gasteiger charge is -2.36. The monoisotopic (exact) mass is 326 g/mol. The zero-order valence-corrected chi connectivity index (χ0v) is 14.3. The molecule has 1 aliphatic rings. The van der Waals surface area contributed by atoms with Gasteiger partial charge in [0.15, 0.2) is 0 Å². The van der Waals surface area contributed by atoms with Crippen molar-refractivity contribution < 1.29 is 9.84 Å². The molecule has 1 atom stereocenters. The van der Waals surface area contributed by atoms with Crippen LogP contribution in [0.4, 0.5) is 0 Å². The summed E-state index contributed by atoms with van der Waals surface area (Å²) in [6, 6.07) is 7.22. The summed E-state index contributed by atoms with van der Waals surface area (Å²) < 4.78 is 5.59. The fourth-order valence-corrected chi connectivity index (χ4v) is 2.87. The number of aliphatic hydroxyl groups is 1. The molecule has 1 aliphatic heterocycles. The number of rotatable bonds is 7. The van der Waals surface area contributed by atoms with Gasteiger partial charge in [0, 0.05) is 44.3 Å². The zero-order valence-electron chi connectivity index (χ0n) is 13.5. The number of hydrogen-bond acceptors (Lipinski definition) is 4.